The Labute approximate surface area is 127 Å². The number of rotatable bonds is 4. The number of nitrogens with two attached hydrogens (primary N) is 1. The van der Waals surface area contributed by atoms with Gasteiger partial charge in [-0.15, -0.1) is 11.8 Å². The van der Waals surface area contributed by atoms with E-state index in [1.807, 2.05) is 11.8 Å². The van der Waals surface area contributed by atoms with Crippen LogP contribution < -0.4 is 5.73 Å². The number of likely N-dealkylation sites (tertiary alicyclic amines) is 1. The SMILES string of the molecule is Cc1ccc(SCCN2CC3CCCC(N)C3C2)cc1. The van der Waals surface area contributed by atoms with Gasteiger partial charge < -0.3 is 10.6 Å². The zero-order valence-electron chi connectivity index (χ0n) is 12.4. The maximum Gasteiger partial charge on any atom is 0.0108 e. The molecule has 2 aliphatic rings. The number of aryl methyl sites for hydroxylation is 1. The van der Waals surface area contributed by atoms with Crippen molar-refractivity contribution in [3.63, 3.8) is 0 Å². The van der Waals surface area contributed by atoms with Crippen molar-refractivity contribution in [2.75, 3.05) is 25.4 Å². The summed E-state index contributed by atoms with van der Waals surface area (Å²) in [5.41, 5.74) is 7.62. The second-order valence-electron chi connectivity index (χ2n) is 6.44. The van der Waals surface area contributed by atoms with Crippen LogP contribution in [0, 0.1) is 18.8 Å². The van der Waals surface area contributed by atoms with Crippen molar-refractivity contribution < 1.29 is 0 Å². The average Bonchev–Trinajstić information content (AvgIpc) is 2.85. The van der Waals surface area contributed by atoms with Crippen molar-refractivity contribution in [1.29, 1.82) is 0 Å². The molecule has 1 aliphatic heterocycles. The molecule has 3 rings (SSSR count). The van der Waals surface area contributed by atoms with Gasteiger partial charge >= 0.3 is 0 Å². The van der Waals surface area contributed by atoms with Crippen LogP contribution in [0.4, 0.5) is 0 Å². The molecule has 2 N–H and O–H groups in total. The summed E-state index contributed by atoms with van der Waals surface area (Å²) in [6.07, 6.45) is 3.99. The number of hydrogen-bond donors (Lipinski definition) is 1. The summed E-state index contributed by atoms with van der Waals surface area (Å²) in [5, 5.41) is 0. The van der Waals surface area contributed by atoms with E-state index in [1.54, 1.807) is 0 Å². The Morgan fingerprint density at radius 1 is 1.20 bits per heavy atom. The van der Waals surface area contributed by atoms with Gasteiger partial charge in [0.15, 0.2) is 0 Å². The molecule has 3 heteroatoms. The molecular weight excluding hydrogens is 264 g/mol. The van der Waals surface area contributed by atoms with E-state index in [0.717, 1.165) is 11.8 Å². The van der Waals surface area contributed by atoms with Gasteiger partial charge in [0.2, 0.25) is 0 Å². The average molecular weight is 290 g/mol. The zero-order valence-corrected chi connectivity index (χ0v) is 13.2. The summed E-state index contributed by atoms with van der Waals surface area (Å²) in [6, 6.07) is 9.33. The Hall–Kier alpha value is -0.510. The molecule has 0 radical (unpaired) electrons. The molecule has 2 fully saturated rings. The third kappa shape index (κ3) is 3.38. The lowest BCUT2D eigenvalue weighted by Gasteiger charge is -2.29. The molecule has 20 heavy (non-hydrogen) atoms. The second-order valence-corrected chi connectivity index (χ2v) is 7.61. The van der Waals surface area contributed by atoms with Gasteiger partial charge in [0, 0.05) is 36.3 Å². The standard InChI is InChI=1S/C17H26N2S/c1-13-5-7-15(8-6-13)20-10-9-19-11-14-3-2-4-17(18)16(14)12-19/h5-8,14,16-17H,2-4,9-12,18H2,1H3. The molecule has 3 atom stereocenters. The molecule has 1 heterocycles. The molecule has 2 nitrogen and oxygen atoms in total. The smallest absolute Gasteiger partial charge is 0.0108 e. The lowest BCUT2D eigenvalue weighted by atomic mass is 9.78. The first-order valence-corrected chi connectivity index (χ1v) is 8.88. The summed E-state index contributed by atoms with van der Waals surface area (Å²) in [4.78, 5) is 4.03. The summed E-state index contributed by atoms with van der Waals surface area (Å²) in [5.74, 6) is 2.84. The molecule has 1 saturated carbocycles. The topological polar surface area (TPSA) is 29.3 Å². The summed E-state index contributed by atoms with van der Waals surface area (Å²) < 4.78 is 0. The highest BCUT2D eigenvalue weighted by Gasteiger charge is 2.38. The van der Waals surface area contributed by atoms with E-state index in [0.29, 0.717) is 6.04 Å². The van der Waals surface area contributed by atoms with E-state index in [9.17, 15) is 0 Å². The fraction of sp³-hybridized carbons (Fsp3) is 0.647. The summed E-state index contributed by atoms with van der Waals surface area (Å²) in [7, 11) is 0. The number of hydrogen-bond acceptors (Lipinski definition) is 3. The fourth-order valence-electron chi connectivity index (χ4n) is 3.72. The first-order chi connectivity index (χ1) is 9.72. The van der Waals surface area contributed by atoms with Gasteiger partial charge in [-0.3, -0.25) is 0 Å². The highest BCUT2D eigenvalue weighted by atomic mass is 32.2. The lowest BCUT2D eigenvalue weighted by molar-refractivity contribution is 0.259. The van der Waals surface area contributed by atoms with Crippen molar-refractivity contribution in [3.8, 4) is 0 Å². The molecule has 1 aromatic rings. The predicted molar refractivity (Wildman–Crippen MR) is 87.1 cm³/mol. The Morgan fingerprint density at radius 2 is 2.00 bits per heavy atom. The van der Waals surface area contributed by atoms with Crippen molar-refractivity contribution >= 4 is 11.8 Å². The molecule has 1 aromatic carbocycles. The van der Waals surface area contributed by atoms with Crippen LogP contribution in [0.1, 0.15) is 24.8 Å². The number of thioether (sulfide) groups is 1. The van der Waals surface area contributed by atoms with Crippen LogP contribution >= 0.6 is 11.8 Å². The van der Waals surface area contributed by atoms with Crippen molar-refractivity contribution in [3.05, 3.63) is 29.8 Å². The van der Waals surface area contributed by atoms with Crippen LogP contribution in [0.2, 0.25) is 0 Å². The quantitative estimate of drug-likeness (QED) is 0.864. The van der Waals surface area contributed by atoms with Crippen molar-refractivity contribution in [2.24, 2.45) is 17.6 Å². The Kier molecular flexibility index (Phi) is 4.69. The van der Waals surface area contributed by atoms with Gasteiger partial charge in [0.05, 0.1) is 0 Å². The van der Waals surface area contributed by atoms with Gasteiger partial charge in [0.25, 0.3) is 0 Å². The van der Waals surface area contributed by atoms with E-state index in [2.05, 4.69) is 36.1 Å². The van der Waals surface area contributed by atoms with Crippen LogP contribution in [0.3, 0.4) is 0 Å². The first kappa shape index (κ1) is 14.4. The summed E-state index contributed by atoms with van der Waals surface area (Å²) >= 11 is 1.98. The summed E-state index contributed by atoms with van der Waals surface area (Å²) in [6.45, 7) is 5.87. The maximum absolute atomic E-state index is 6.28. The van der Waals surface area contributed by atoms with Gasteiger partial charge in [-0.1, -0.05) is 24.1 Å². The van der Waals surface area contributed by atoms with E-state index < -0.39 is 0 Å². The Bertz CT molecular complexity index is 431. The van der Waals surface area contributed by atoms with Crippen LogP contribution in [-0.4, -0.2) is 36.3 Å². The Balaban J connectivity index is 1.44. The van der Waals surface area contributed by atoms with E-state index in [4.69, 9.17) is 5.73 Å². The highest BCUT2D eigenvalue weighted by molar-refractivity contribution is 7.99. The molecule has 0 aromatic heterocycles. The Morgan fingerprint density at radius 3 is 2.75 bits per heavy atom. The molecule has 3 unspecified atom stereocenters. The predicted octanol–water partition coefficient (Wildman–Crippen LogP) is 3.15. The van der Waals surface area contributed by atoms with Crippen LogP contribution in [-0.2, 0) is 0 Å². The van der Waals surface area contributed by atoms with Gasteiger partial charge in [-0.05, 0) is 43.7 Å². The first-order valence-electron chi connectivity index (χ1n) is 7.90. The molecule has 110 valence electrons. The second kappa shape index (κ2) is 6.50. The van der Waals surface area contributed by atoms with Gasteiger partial charge in [-0.25, -0.2) is 0 Å². The minimum Gasteiger partial charge on any atom is -0.327 e. The zero-order chi connectivity index (χ0) is 13.9. The van der Waals surface area contributed by atoms with E-state index >= 15 is 0 Å². The lowest BCUT2D eigenvalue weighted by Crippen LogP contribution is -2.38. The van der Waals surface area contributed by atoms with Crippen LogP contribution in [0.15, 0.2) is 29.2 Å². The van der Waals surface area contributed by atoms with Crippen LogP contribution in [0.25, 0.3) is 0 Å². The fourth-order valence-corrected chi connectivity index (χ4v) is 4.63. The van der Waals surface area contributed by atoms with Crippen molar-refractivity contribution in [2.45, 2.75) is 37.1 Å². The molecule has 1 saturated heterocycles. The van der Waals surface area contributed by atoms with E-state index in [-0.39, 0.29) is 0 Å². The largest absolute Gasteiger partial charge is 0.327 e. The molecule has 0 amide bonds. The third-order valence-electron chi connectivity index (χ3n) is 4.93. The number of benzene rings is 1. The normalized spacial score (nSPS) is 30.4. The highest BCUT2D eigenvalue weighted by Crippen LogP contribution is 2.35. The molecule has 0 spiro atoms. The minimum absolute atomic E-state index is 0.462. The molecule has 1 aliphatic carbocycles. The minimum atomic E-state index is 0.462. The van der Waals surface area contributed by atoms with Crippen molar-refractivity contribution in [1.82, 2.24) is 4.90 Å². The molecule has 0 bridgehead atoms. The van der Waals surface area contributed by atoms with Crippen LogP contribution in [0.5, 0.6) is 0 Å². The maximum atomic E-state index is 6.28. The van der Waals surface area contributed by atoms with Gasteiger partial charge in [-0.2, -0.15) is 0 Å². The number of fused-ring (bicyclic) bond motifs is 1. The number of nitrogens with zero attached hydrogens (tertiary/aromatic N) is 1. The van der Waals surface area contributed by atoms with E-state index in [1.165, 1.54) is 55.1 Å². The third-order valence-corrected chi connectivity index (χ3v) is 5.92. The van der Waals surface area contributed by atoms with Gasteiger partial charge in [0.1, 0.15) is 0 Å². The molecular formula is C17H26N2S. The monoisotopic (exact) mass is 290 g/mol.